The average Bonchev–Trinajstić information content (AvgIpc) is 3.48. The summed E-state index contributed by atoms with van der Waals surface area (Å²) in [6.45, 7) is 8.95. The van der Waals surface area contributed by atoms with Crippen molar-refractivity contribution in [1.29, 1.82) is 0 Å². The number of piperidine rings is 2. The highest BCUT2D eigenvalue weighted by atomic mass is 19.4. The van der Waals surface area contributed by atoms with E-state index in [1.165, 1.54) is 12.4 Å². The van der Waals surface area contributed by atoms with Gasteiger partial charge in [-0.1, -0.05) is 18.7 Å². The van der Waals surface area contributed by atoms with Crippen LogP contribution in [0.15, 0.2) is 49.3 Å². The number of rotatable bonds is 7. The molecule has 0 aliphatic carbocycles. The Kier molecular flexibility index (Phi) is 8.58. The van der Waals surface area contributed by atoms with Gasteiger partial charge in [0.05, 0.1) is 18.6 Å². The van der Waals surface area contributed by atoms with E-state index in [9.17, 15) is 18.0 Å². The lowest BCUT2D eigenvalue weighted by Crippen LogP contribution is -2.52. The van der Waals surface area contributed by atoms with Crippen LogP contribution >= 0.6 is 0 Å². The number of nitrogens with zero attached hydrogens (tertiary/aromatic N) is 5. The molecule has 5 heterocycles. The van der Waals surface area contributed by atoms with Crippen molar-refractivity contribution in [2.45, 2.75) is 43.9 Å². The van der Waals surface area contributed by atoms with E-state index in [0.29, 0.717) is 69.6 Å². The van der Waals surface area contributed by atoms with Crippen molar-refractivity contribution in [1.82, 2.24) is 24.8 Å². The highest BCUT2D eigenvalue weighted by Gasteiger charge is 2.46. The molecule has 6 rings (SSSR count). The number of fused-ring (bicyclic) bond motifs is 1. The van der Waals surface area contributed by atoms with Crippen LogP contribution in [0.25, 0.3) is 22.3 Å². The van der Waals surface area contributed by atoms with Crippen molar-refractivity contribution in [2.75, 3.05) is 62.7 Å². The highest BCUT2D eigenvalue weighted by Crippen LogP contribution is 2.36. The summed E-state index contributed by atoms with van der Waals surface area (Å²) in [7, 11) is 0. The number of morpholine rings is 1. The number of nitrogens with one attached hydrogen (secondary N) is 2. The maximum atomic E-state index is 14.3. The molecule has 2 aromatic heterocycles. The predicted molar refractivity (Wildman–Crippen MR) is 160 cm³/mol. The van der Waals surface area contributed by atoms with Crippen molar-refractivity contribution in [2.24, 2.45) is 5.92 Å². The fraction of sp³-hybridized carbons (Fsp3) is 0.516. The first-order valence-electron chi connectivity index (χ1n) is 15.1. The Morgan fingerprint density at radius 3 is 2.37 bits per heavy atom. The summed E-state index contributed by atoms with van der Waals surface area (Å²) in [5.41, 5.74) is 2.84. The number of likely N-dealkylation sites (tertiary alicyclic amines) is 2. The quantitative estimate of drug-likeness (QED) is 0.382. The molecule has 12 heteroatoms. The van der Waals surface area contributed by atoms with Crippen LogP contribution in [0.4, 0.5) is 24.7 Å². The summed E-state index contributed by atoms with van der Waals surface area (Å²) in [5, 5.41) is 3.72. The van der Waals surface area contributed by atoms with Crippen molar-refractivity contribution < 1.29 is 22.7 Å². The number of H-pyrrole nitrogens is 1. The minimum atomic E-state index is -4.37. The molecule has 230 valence electrons. The van der Waals surface area contributed by atoms with Gasteiger partial charge in [-0.15, -0.1) is 0 Å². The lowest BCUT2D eigenvalue weighted by atomic mass is 9.87. The van der Waals surface area contributed by atoms with Crippen molar-refractivity contribution in [3.63, 3.8) is 0 Å². The average molecular weight is 598 g/mol. The van der Waals surface area contributed by atoms with Gasteiger partial charge < -0.3 is 29.7 Å². The van der Waals surface area contributed by atoms with Crippen LogP contribution in [-0.2, 0) is 9.53 Å². The van der Waals surface area contributed by atoms with Crippen LogP contribution in [-0.4, -0.2) is 101 Å². The smallest absolute Gasteiger partial charge is 0.378 e. The number of aromatic nitrogens is 3. The van der Waals surface area contributed by atoms with Gasteiger partial charge in [-0.25, -0.2) is 9.97 Å². The molecule has 1 unspecified atom stereocenters. The van der Waals surface area contributed by atoms with Crippen LogP contribution < -0.4 is 10.2 Å². The summed E-state index contributed by atoms with van der Waals surface area (Å²) in [4.78, 5) is 30.4. The maximum Gasteiger partial charge on any atom is 0.408 e. The third-order valence-corrected chi connectivity index (χ3v) is 9.10. The van der Waals surface area contributed by atoms with Gasteiger partial charge in [-0.2, -0.15) is 13.2 Å². The van der Waals surface area contributed by atoms with Crippen LogP contribution in [0.2, 0.25) is 0 Å². The van der Waals surface area contributed by atoms with Crippen LogP contribution in [0.3, 0.4) is 0 Å². The zero-order chi connectivity index (χ0) is 30.0. The fourth-order valence-corrected chi connectivity index (χ4v) is 6.70. The number of benzene rings is 1. The van der Waals surface area contributed by atoms with Crippen molar-refractivity contribution >= 4 is 28.4 Å². The van der Waals surface area contributed by atoms with Gasteiger partial charge in [0.1, 0.15) is 23.8 Å². The second-order valence-corrected chi connectivity index (χ2v) is 11.6. The van der Waals surface area contributed by atoms with Gasteiger partial charge in [0.25, 0.3) is 0 Å². The second-order valence-electron chi connectivity index (χ2n) is 11.6. The van der Waals surface area contributed by atoms with E-state index in [2.05, 4.69) is 36.6 Å². The number of carbonyl (C=O) groups is 1. The van der Waals surface area contributed by atoms with E-state index >= 15 is 0 Å². The molecule has 1 amide bonds. The Hall–Kier alpha value is -3.64. The molecule has 0 spiro atoms. The van der Waals surface area contributed by atoms with Gasteiger partial charge in [0.2, 0.25) is 5.91 Å². The molecule has 3 aliphatic rings. The molecule has 43 heavy (non-hydrogen) atoms. The Balaban J connectivity index is 1.09. The zero-order valence-electron chi connectivity index (χ0n) is 24.2. The minimum absolute atomic E-state index is 0.0576. The summed E-state index contributed by atoms with van der Waals surface area (Å²) in [6, 6.07) is 7.76. The largest absolute Gasteiger partial charge is 0.408 e. The lowest BCUT2D eigenvalue weighted by molar-refractivity contribution is -0.157. The second kappa shape index (κ2) is 12.5. The maximum absolute atomic E-state index is 14.3. The van der Waals surface area contributed by atoms with Crippen LogP contribution in [0.5, 0.6) is 0 Å². The number of amides is 1. The van der Waals surface area contributed by atoms with E-state index in [0.717, 1.165) is 48.4 Å². The lowest BCUT2D eigenvalue weighted by Gasteiger charge is -2.43. The number of aromatic amines is 1. The van der Waals surface area contributed by atoms with Crippen LogP contribution in [0.1, 0.15) is 25.7 Å². The van der Waals surface area contributed by atoms with Gasteiger partial charge in [0, 0.05) is 43.6 Å². The number of halogens is 3. The molecule has 2 N–H and O–H groups in total. The van der Waals surface area contributed by atoms with Crippen LogP contribution in [0, 0.1) is 5.92 Å². The van der Waals surface area contributed by atoms with E-state index < -0.39 is 18.1 Å². The Morgan fingerprint density at radius 2 is 1.72 bits per heavy atom. The van der Waals surface area contributed by atoms with Gasteiger partial charge in [-0.05, 0) is 74.5 Å². The molecule has 3 fully saturated rings. The monoisotopic (exact) mass is 597 g/mol. The first-order chi connectivity index (χ1) is 20.8. The summed E-state index contributed by atoms with van der Waals surface area (Å²) >= 11 is 0. The number of carbonyl (C=O) groups excluding carboxylic acids is 1. The van der Waals surface area contributed by atoms with E-state index in [1.54, 1.807) is 17.0 Å². The number of hydrogen-bond donors (Lipinski definition) is 2. The molecule has 0 saturated carbocycles. The molecule has 0 bridgehead atoms. The SMILES string of the molecule is C=CC(=O)N1CCC(N2CCC(C(Nc3ccc(-c4cc5c(N6CCOCC6)ncnc5[nH]4)cc3)C(F)(F)F)CC2)CC1. The fourth-order valence-electron chi connectivity index (χ4n) is 6.70. The van der Waals surface area contributed by atoms with Gasteiger partial charge in [-0.3, -0.25) is 4.79 Å². The number of anilines is 2. The Morgan fingerprint density at radius 1 is 1.02 bits per heavy atom. The Labute approximate surface area is 249 Å². The zero-order valence-corrected chi connectivity index (χ0v) is 24.2. The third kappa shape index (κ3) is 6.50. The van der Waals surface area contributed by atoms with E-state index in [4.69, 9.17) is 4.74 Å². The molecule has 1 aromatic carbocycles. The normalized spacial score (nSPS) is 20.3. The van der Waals surface area contributed by atoms with E-state index in [-0.39, 0.29) is 5.91 Å². The predicted octanol–water partition coefficient (Wildman–Crippen LogP) is 4.69. The molecule has 9 nitrogen and oxygen atoms in total. The number of hydrogen-bond acceptors (Lipinski definition) is 7. The van der Waals surface area contributed by atoms with E-state index in [1.807, 2.05) is 18.2 Å². The molecular formula is C31H38F3N7O2. The Bertz CT molecular complexity index is 1400. The molecule has 1 atom stereocenters. The summed E-state index contributed by atoms with van der Waals surface area (Å²) in [6.07, 6.45) is 1.14. The van der Waals surface area contributed by atoms with Gasteiger partial charge in [0.15, 0.2) is 0 Å². The topological polar surface area (TPSA) is 89.6 Å². The molecular weight excluding hydrogens is 559 g/mol. The van der Waals surface area contributed by atoms with Crippen molar-refractivity contribution in [3.8, 4) is 11.3 Å². The summed E-state index contributed by atoms with van der Waals surface area (Å²) < 4.78 is 48.4. The van der Waals surface area contributed by atoms with Gasteiger partial charge >= 0.3 is 6.18 Å². The molecule has 3 aromatic rings. The number of ether oxygens (including phenoxy) is 1. The summed E-state index contributed by atoms with van der Waals surface area (Å²) in [5.74, 6) is 0.281. The van der Waals surface area contributed by atoms with Crippen molar-refractivity contribution in [3.05, 3.63) is 49.3 Å². The molecule has 3 aliphatic heterocycles. The highest BCUT2D eigenvalue weighted by molar-refractivity contribution is 5.92. The molecule has 0 radical (unpaired) electrons. The molecule has 3 saturated heterocycles. The minimum Gasteiger partial charge on any atom is -0.378 e. The first kappa shape index (κ1) is 29.4. The third-order valence-electron chi connectivity index (χ3n) is 9.10. The number of alkyl halides is 3. The first-order valence-corrected chi connectivity index (χ1v) is 15.1. The standard InChI is InChI=1S/C31H38F3N7O2/c1-2-27(42)40-13-9-24(10-14-40)39-11-7-22(8-12-39)28(31(32,33)34)37-23-5-3-21(4-6-23)26-19-25-29(38-26)35-20-36-30(25)41-15-17-43-18-16-41/h2-6,19-20,22,24,28,37H,1,7-18H2,(H,35,36,38).